The molecule has 3 aromatic heterocycles. The number of hydrogen-bond donors (Lipinski definition) is 1. The molecule has 0 aliphatic heterocycles. The van der Waals surface area contributed by atoms with E-state index in [4.69, 9.17) is 4.52 Å². The number of thiazole rings is 1. The summed E-state index contributed by atoms with van der Waals surface area (Å²) in [7, 11) is 0. The van der Waals surface area contributed by atoms with Crippen molar-refractivity contribution in [2.45, 2.75) is 26.2 Å². The molecule has 1 N–H and O–H groups in total. The largest absolute Gasteiger partial charge is 0.359 e. The van der Waals surface area contributed by atoms with Crippen LogP contribution in [0.3, 0.4) is 0 Å². The van der Waals surface area contributed by atoms with Crippen LogP contribution in [0.15, 0.2) is 71.4 Å². The maximum atomic E-state index is 13.3. The van der Waals surface area contributed by atoms with E-state index in [-0.39, 0.29) is 11.4 Å². The molecule has 0 spiro atoms. The summed E-state index contributed by atoms with van der Waals surface area (Å²) in [6, 6.07) is 18.9. The molecule has 156 valence electrons. The van der Waals surface area contributed by atoms with Crippen molar-refractivity contribution < 1.29 is 9.32 Å². The number of benzene rings is 2. The van der Waals surface area contributed by atoms with E-state index in [0.717, 1.165) is 15.2 Å². The molecule has 2 aromatic carbocycles. The lowest BCUT2D eigenvalue weighted by molar-refractivity contribution is 0.258. The lowest BCUT2D eigenvalue weighted by Crippen LogP contribution is -2.31. The molecule has 2 amide bonds. The van der Waals surface area contributed by atoms with Gasteiger partial charge in [-0.2, -0.15) is 0 Å². The Labute approximate surface area is 182 Å². The SMILES string of the molecule is CC(C)(C)c1cc(N(C(=O)Nc2cn3c(n2)sc2ccccc23)c2ccccc2)no1. The van der Waals surface area contributed by atoms with Crippen LogP contribution in [0.4, 0.5) is 22.1 Å². The van der Waals surface area contributed by atoms with Crippen LogP contribution < -0.4 is 10.2 Å². The minimum absolute atomic E-state index is 0.223. The van der Waals surface area contributed by atoms with E-state index >= 15 is 0 Å². The molecule has 0 unspecified atom stereocenters. The molecule has 3 heterocycles. The second kappa shape index (κ2) is 7.24. The normalized spacial score (nSPS) is 11.8. The fraction of sp³-hybridized carbons (Fsp3) is 0.174. The topological polar surface area (TPSA) is 75.7 Å². The number of carbonyl (C=O) groups excluding carboxylic acids is 1. The Bertz CT molecular complexity index is 1380. The number of nitrogens with zero attached hydrogens (tertiary/aromatic N) is 4. The highest BCUT2D eigenvalue weighted by Gasteiger charge is 2.26. The number of carbonyl (C=O) groups is 1. The first-order valence-electron chi connectivity index (χ1n) is 9.90. The zero-order chi connectivity index (χ0) is 21.6. The number of para-hydroxylation sites is 2. The second-order valence-electron chi connectivity index (χ2n) is 8.25. The summed E-state index contributed by atoms with van der Waals surface area (Å²) in [6.45, 7) is 6.10. The van der Waals surface area contributed by atoms with Gasteiger partial charge in [-0.15, -0.1) is 0 Å². The summed E-state index contributed by atoms with van der Waals surface area (Å²) in [5, 5.41) is 7.07. The van der Waals surface area contributed by atoms with E-state index in [2.05, 4.69) is 21.5 Å². The fourth-order valence-electron chi connectivity index (χ4n) is 3.33. The van der Waals surface area contributed by atoms with Gasteiger partial charge in [0.05, 0.1) is 22.1 Å². The highest BCUT2D eigenvalue weighted by atomic mass is 32.1. The van der Waals surface area contributed by atoms with Gasteiger partial charge in [0, 0.05) is 11.5 Å². The van der Waals surface area contributed by atoms with Crippen LogP contribution in [0.25, 0.3) is 15.2 Å². The zero-order valence-corrected chi connectivity index (χ0v) is 18.2. The second-order valence-corrected chi connectivity index (χ2v) is 9.26. The van der Waals surface area contributed by atoms with Crippen LogP contribution in [0.5, 0.6) is 0 Å². The van der Waals surface area contributed by atoms with Crippen LogP contribution in [0.2, 0.25) is 0 Å². The summed E-state index contributed by atoms with van der Waals surface area (Å²) in [5.41, 5.74) is 1.52. The summed E-state index contributed by atoms with van der Waals surface area (Å²) >= 11 is 1.58. The predicted molar refractivity (Wildman–Crippen MR) is 123 cm³/mol. The van der Waals surface area contributed by atoms with Gasteiger partial charge >= 0.3 is 6.03 Å². The summed E-state index contributed by atoms with van der Waals surface area (Å²) in [6.07, 6.45) is 1.83. The van der Waals surface area contributed by atoms with E-state index < -0.39 is 0 Å². The number of aromatic nitrogens is 3. The number of fused-ring (bicyclic) bond motifs is 3. The Morgan fingerprint density at radius 3 is 2.58 bits per heavy atom. The third-order valence-electron chi connectivity index (χ3n) is 4.92. The van der Waals surface area contributed by atoms with Gasteiger partial charge in [0.2, 0.25) is 0 Å². The molecule has 0 radical (unpaired) electrons. The number of hydrogen-bond acceptors (Lipinski definition) is 5. The Kier molecular flexibility index (Phi) is 4.51. The Morgan fingerprint density at radius 1 is 1.10 bits per heavy atom. The van der Waals surface area contributed by atoms with Crippen LogP contribution in [0.1, 0.15) is 26.5 Å². The lowest BCUT2D eigenvalue weighted by atomic mass is 9.93. The Morgan fingerprint density at radius 2 is 1.84 bits per heavy atom. The molecule has 5 aromatic rings. The van der Waals surface area contributed by atoms with Gasteiger partial charge in [-0.3, -0.25) is 9.72 Å². The molecule has 0 aliphatic rings. The molecule has 0 bridgehead atoms. The van der Waals surface area contributed by atoms with E-state index in [0.29, 0.717) is 23.1 Å². The standard InChI is InChI=1S/C23H21N5O2S/c1-23(2,3)18-13-20(26-30-18)28(15-9-5-4-6-10-15)21(29)24-19-14-27-16-11-7-8-12-17(16)31-22(27)25-19/h4-14H,1-3H3,(H,24,29). The first kappa shape index (κ1) is 19.3. The highest BCUT2D eigenvalue weighted by Crippen LogP contribution is 2.31. The van der Waals surface area contributed by atoms with Crippen molar-refractivity contribution in [2.75, 3.05) is 10.2 Å². The van der Waals surface area contributed by atoms with Gasteiger partial charge in [0.25, 0.3) is 0 Å². The summed E-state index contributed by atoms with van der Waals surface area (Å²) in [4.78, 5) is 20.2. The van der Waals surface area contributed by atoms with Gasteiger partial charge in [-0.1, -0.05) is 67.6 Å². The third-order valence-corrected chi connectivity index (χ3v) is 5.95. The molecular formula is C23H21N5O2S. The maximum absolute atomic E-state index is 13.3. The van der Waals surface area contributed by atoms with Crippen molar-refractivity contribution in [3.63, 3.8) is 0 Å². The van der Waals surface area contributed by atoms with Gasteiger partial charge in [-0.05, 0) is 24.3 Å². The number of nitrogens with one attached hydrogen (secondary N) is 1. The first-order chi connectivity index (χ1) is 14.9. The highest BCUT2D eigenvalue weighted by molar-refractivity contribution is 7.23. The quantitative estimate of drug-likeness (QED) is 0.369. The van der Waals surface area contributed by atoms with Crippen LogP contribution in [-0.4, -0.2) is 20.6 Å². The third kappa shape index (κ3) is 3.55. The maximum Gasteiger partial charge on any atom is 0.333 e. The first-order valence-corrected chi connectivity index (χ1v) is 10.7. The van der Waals surface area contributed by atoms with Crippen molar-refractivity contribution in [3.8, 4) is 0 Å². The number of amides is 2. The molecule has 0 saturated heterocycles. The van der Waals surface area contributed by atoms with Crippen molar-refractivity contribution in [3.05, 3.63) is 72.6 Å². The van der Waals surface area contributed by atoms with E-state index in [1.807, 2.05) is 79.9 Å². The Hall–Kier alpha value is -3.65. The molecular weight excluding hydrogens is 410 g/mol. The molecule has 31 heavy (non-hydrogen) atoms. The molecule has 0 atom stereocenters. The van der Waals surface area contributed by atoms with Gasteiger partial charge in [-0.25, -0.2) is 14.7 Å². The minimum atomic E-state index is -0.366. The minimum Gasteiger partial charge on any atom is -0.359 e. The average Bonchev–Trinajstić information content (AvgIpc) is 3.43. The lowest BCUT2D eigenvalue weighted by Gasteiger charge is -2.19. The van der Waals surface area contributed by atoms with Crippen molar-refractivity contribution in [1.82, 2.24) is 14.5 Å². The number of imidazole rings is 1. The van der Waals surface area contributed by atoms with E-state index in [1.54, 1.807) is 17.4 Å². The van der Waals surface area contributed by atoms with Crippen LogP contribution in [0, 0.1) is 0 Å². The molecule has 0 saturated carbocycles. The smallest absolute Gasteiger partial charge is 0.333 e. The zero-order valence-electron chi connectivity index (χ0n) is 17.4. The molecule has 0 aliphatic carbocycles. The monoisotopic (exact) mass is 431 g/mol. The summed E-state index contributed by atoms with van der Waals surface area (Å²) < 4.78 is 8.65. The Balaban J connectivity index is 1.50. The molecule has 5 rings (SSSR count). The molecule has 8 heteroatoms. The van der Waals surface area contributed by atoms with E-state index in [9.17, 15) is 4.79 Å². The van der Waals surface area contributed by atoms with Gasteiger partial charge in [0.1, 0.15) is 5.76 Å². The van der Waals surface area contributed by atoms with E-state index in [1.165, 1.54) is 4.90 Å². The number of rotatable bonds is 3. The van der Waals surface area contributed by atoms with Crippen LogP contribution >= 0.6 is 11.3 Å². The van der Waals surface area contributed by atoms with Crippen molar-refractivity contribution in [2.24, 2.45) is 0 Å². The van der Waals surface area contributed by atoms with Crippen molar-refractivity contribution in [1.29, 1.82) is 0 Å². The summed E-state index contributed by atoms with van der Waals surface area (Å²) in [5.74, 6) is 1.59. The molecule has 7 nitrogen and oxygen atoms in total. The van der Waals surface area contributed by atoms with Gasteiger partial charge in [0.15, 0.2) is 16.6 Å². The fourth-order valence-corrected chi connectivity index (χ4v) is 4.34. The van der Waals surface area contributed by atoms with Gasteiger partial charge < -0.3 is 4.52 Å². The predicted octanol–water partition coefficient (Wildman–Crippen LogP) is 6.20. The van der Waals surface area contributed by atoms with Crippen molar-refractivity contribution >= 4 is 49.9 Å². The number of anilines is 3. The average molecular weight is 432 g/mol. The van der Waals surface area contributed by atoms with Crippen LogP contribution in [-0.2, 0) is 5.41 Å². The number of urea groups is 1. The molecule has 0 fully saturated rings.